The molecular formula is C35H68O5. The van der Waals surface area contributed by atoms with Crippen LogP contribution >= 0.6 is 0 Å². The molecule has 5 heteroatoms. The minimum atomic E-state index is -0.955. The van der Waals surface area contributed by atoms with E-state index in [4.69, 9.17) is 9.47 Å². The van der Waals surface area contributed by atoms with Gasteiger partial charge >= 0.3 is 11.9 Å². The lowest BCUT2D eigenvalue weighted by atomic mass is 10.00. The molecule has 0 saturated heterocycles. The molecule has 5 nitrogen and oxygen atoms in total. The number of hydrogen-bond donors (Lipinski definition) is 1. The number of ether oxygens (including phenoxy) is 2. The van der Waals surface area contributed by atoms with Crippen LogP contribution in [-0.2, 0) is 19.1 Å². The lowest BCUT2D eigenvalue weighted by molar-refractivity contribution is -0.152. The molecule has 40 heavy (non-hydrogen) atoms. The number of aliphatic hydroxyl groups is 1. The molecule has 0 rings (SSSR count). The number of aliphatic hydroxyl groups excluding tert-OH is 1. The molecule has 0 saturated carbocycles. The molecule has 2 atom stereocenters. The molecule has 0 bridgehead atoms. The first-order valence-electron chi connectivity index (χ1n) is 17.3. The third-order valence-corrected chi connectivity index (χ3v) is 8.06. The van der Waals surface area contributed by atoms with Gasteiger partial charge in [0.15, 0.2) is 0 Å². The van der Waals surface area contributed by atoms with Crippen LogP contribution < -0.4 is 0 Å². The van der Waals surface area contributed by atoms with Crippen molar-refractivity contribution in [3.63, 3.8) is 0 Å². The minimum Gasteiger partial charge on any atom is -0.463 e. The van der Waals surface area contributed by atoms with E-state index in [-0.39, 0.29) is 25.2 Å². The first-order chi connectivity index (χ1) is 19.3. The molecule has 0 aliphatic rings. The van der Waals surface area contributed by atoms with Gasteiger partial charge in [0.25, 0.3) is 0 Å². The Hall–Kier alpha value is -1.10. The van der Waals surface area contributed by atoms with Crippen LogP contribution in [0, 0.1) is 11.8 Å². The van der Waals surface area contributed by atoms with Crippen molar-refractivity contribution in [3.05, 3.63) is 0 Å². The highest BCUT2D eigenvalue weighted by atomic mass is 16.6. The summed E-state index contributed by atoms with van der Waals surface area (Å²) in [6.07, 6.45) is 27.2. The number of hydrogen-bond acceptors (Lipinski definition) is 5. The van der Waals surface area contributed by atoms with Crippen molar-refractivity contribution in [2.24, 2.45) is 11.8 Å². The molecule has 0 aliphatic carbocycles. The van der Waals surface area contributed by atoms with E-state index in [0.717, 1.165) is 43.9 Å². The molecule has 238 valence electrons. The fourth-order valence-corrected chi connectivity index (χ4v) is 5.01. The molecule has 0 aliphatic heterocycles. The van der Waals surface area contributed by atoms with Crippen molar-refractivity contribution in [1.82, 2.24) is 0 Å². The summed E-state index contributed by atoms with van der Waals surface area (Å²) in [5.74, 6) is 1.12. The van der Waals surface area contributed by atoms with Gasteiger partial charge in [-0.2, -0.15) is 0 Å². The highest BCUT2D eigenvalue weighted by Gasteiger charge is 2.12. The van der Waals surface area contributed by atoms with Crippen molar-refractivity contribution in [2.75, 3.05) is 13.2 Å². The normalized spacial score (nSPS) is 12.9. The summed E-state index contributed by atoms with van der Waals surface area (Å²) in [6.45, 7) is 8.96. The number of rotatable bonds is 30. The zero-order chi connectivity index (χ0) is 29.7. The summed E-state index contributed by atoms with van der Waals surface area (Å²) in [7, 11) is 0. The number of unbranched alkanes of at least 4 members (excludes halogenated alkanes) is 17. The number of carbonyl (C=O) groups excluding carboxylic acids is 2. The summed E-state index contributed by atoms with van der Waals surface area (Å²) >= 11 is 0. The molecule has 0 aromatic carbocycles. The van der Waals surface area contributed by atoms with Gasteiger partial charge in [-0.1, -0.05) is 156 Å². The lowest BCUT2D eigenvalue weighted by Crippen LogP contribution is -2.25. The van der Waals surface area contributed by atoms with Gasteiger partial charge in [0.05, 0.1) is 0 Å². The third-order valence-electron chi connectivity index (χ3n) is 8.06. The van der Waals surface area contributed by atoms with Gasteiger partial charge in [-0.25, -0.2) is 0 Å². The Bertz CT molecular complexity index is 562. The molecule has 0 radical (unpaired) electrons. The van der Waals surface area contributed by atoms with Crippen molar-refractivity contribution >= 4 is 11.9 Å². The zero-order valence-corrected chi connectivity index (χ0v) is 27.2. The summed E-state index contributed by atoms with van der Waals surface area (Å²) in [6, 6.07) is 0. The topological polar surface area (TPSA) is 72.8 Å². The maximum absolute atomic E-state index is 11.9. The third kappa shape index (κ3) is 29.9. The SMILES string of the molecule is CCC(C)CCCCCCCCC(=O)OC[C@@H](O)COC(=O)CCCCCCCCCCCCCCCC(C)C. The Morgan fingerprint density at radius 3 is 1.20 bits per heavy atom. The van der Waals surface area contributed by atoms with Crippen molar-refractivity contribution in [2.45, 2.75) is 188 Å². The van der Waals surface area contributed by atoms with Crippen LogP contribution in [0.5, 0.6) is 0 Å². The van der Waals surface area contributed by atoms with E-state index in [1.165, 1.54) is 109 Å². The summed E-state index contributed by atoms with van der Waals surface area (Å²) in [4.78, 5) is 23.8. The molecule has 0 heterocycles. The number of esters is 2. The van der Waals surface area contributed by atoms with Crippen LogP contribution in [0.1, 0.15) is 182 Å². The Kier molecular flexibility index (Phi) is 28.6. The van der Waals surface area contributed by atoms with Gasteiger partial charge in [0.1, 0.15) is 19.3 Å². The molecule has 0 spiro atoms. The van der Waals surface area contributed by atoms with Gasteiger partial charge in [-0.3, -0.25) is 9.59 Å². The molecule has 0 fully saturated rings. The monoisotopic (exact) mass is 569 g/mol. The molecule has 0 amide bonds. The second-order valence-electron chi connectivity index (χ2n) is 12.7. The van der Waals surface area contributed by atoms with E-state index in [2.05, 4.69) is 27.7 Å². The van der Waals surface area contributed by atoms with E-state index in [0.29, 0.717) is 12.8 Å². The van der Waals surface area contributed by atoms with E-state index < -0.39 is 6.10 Å². The molecule has 0 aromatic heterocycles. The van der Waals surface area contributed by atoms with E-state index in [1.54, 1.807) is 0 Å². The van der Waals surface area contributed by atoms with Crippen molar-refractivity contribution in [1.29, 1.82) is 0 Å². The maximum Gasteiger partial charge on any atom is 0.305 e. The molecule has 1 N–H and O–H groups in total. The molecule has 0 aromatic rings. The Balaban J connectivity index is 3.41. The first kappa shape index (κ1) is 38.9. The summed E-state index contributed by atoms with van der Waals surface area (Å²) in [5, 5.41) is 9.95. The smallest absolute Gasteiger partial charge is 0.305 e. The van der Waals surface area contributed by atoms with Gasteiger partial charge < -0.3 is 14.6 Å². The van der Waals surface area contributed by atoms with Gasteiger partial charge in [-0.05, 0) is 24.7 Å². The van der Waals surface area contributed by atoms with Crippen molar-refractivity contribution < 1.29 is 24.2 Å². The van der Waals surface area contributed by atoms with E-state index >= 15 is 0 Å². The largest absolute Gasteiger partial charge is 0.463 e. The van der Waals surface area contributed by atoms with Crippen LogP contribution in [-0.4, -0.2) is 36.4 Å². The van der Waals surface area contributed by atoms with E-state index in [1.807, 2.05) is 0 Å². The second kappa shape index (κ2) is 29.4. The second-order valence-corrected chi connectivity index (χ2v) is 12.7. The van der Waals surface area contributed by atoms with Crippen LogP contribution in [0.15, 0.2) is 0 Å². The summed E-state index contributed by atoms with van der Waals surface area (Å²) in [5.41, 5.74) is 0. The van der Waals surface area contributed by atoms with E-state index in [9.17, 15) is 14.7 Å². The lowest BCUT2D eigenvalue weighted by Gasteiger charge is -2.12. The first-order valence-corrected chi connectivity index (χ1v) is 17.3. The molecular weight excluding hydrogens is 500 g/mol. The maximum atomic E-state index is 11.9. The van der Waals surface area contributed by atoms with Gasteiger partial charge in [0, 0.05) is 12.8 Å². The van der Waals surface area contributed by atoms with Gasteiger partial charge in [0.2, 0.25) is 0 Å². The van der Waals surface area contributed by atoms with Crippen LogP contribution in [0.2, 0.25) is 0 Å². The van der Waals surface area contributed by atoms with Gasteiger partial charge in [-0.15, -0.1) is 0 Å². The van der Waals surface area contributed by atoms with Crippen LogP contribution in [0.25, 0.3) is 0 Å². The zero-order valence-electron chi connectivity index (χ0n) is 27.2. The minimum absolute atomic E-state index is 0.110. The quantitative estimate of drug-likeness (QED) is 0.0689. The Labute approximate surface area is 248 Å². The number of carbonyl (C=O) groups is 2. The van der Waals surface area contributed by atoms with Crippen molar-refractivity contribution in [3.8, 4) is 0 Å². The predicted molar refractivity (Wildman–Crippen MR) is 168 cm³/mol. The standard InChI is InChI=1S/C35H68O5/c1-5-32(4)26-22-18-15-16-20-24-28-35(38)40-30-33(36)29-39-34(37)27-23-19-14-12-10-8-6-7-9-11-13-17-21-25-31(2)3/h31-33,36H,5-30H2,1-4H3/t32?,33-/m0/s1. The average Bonchev–Trinajstić information content (AvgIpc) is 2.93. The highest BCUT2D eigenvalue weighted by molar-refractivity contribution is 5.69. The predicted octanol–water partition coefficient (Wildman–Crippen LogP) is 10.1. The van der Waals surface area contributed by atoms with Crippen LogP contribution in [0.4, 0.5) is 0 Å². The average molecular weight is 569 g/mol. The highest BCUT2D eigenvalue weighted by Crippen LogP contribution is 2.16. The Morgan fingerprint density at radius 1 is 0.525 bits per heavy atom. The molecule has 1 unspecified atom stereocenters. The fraction of sp³-hybridized carbons (Fsp3) is 0.943. The Morgan fingerprint density at radius 2 is 0.850 bits per heavy atom. The van der Waals surface area contributed by atoms with Crippen LogP contribution in [0.3, 0.4) is 0 Å². The fourth-order valence-electron chi connectivity index (χ4n) is 5.01. The summed E-state index contributed by atoms with van der Waals surface area (Å²) < 4.78 is 10.3.